The van der Waals surface area contributed by atoms with Crippen molar-refractivity contribution in [2.24, 2.45) is 17.8 Å². The maximum absolute atomic E-state index is 13.1. The van der Waals surface area contributed by atoms with E-state index < -0.39 is 97.5 Å². The Morgan fingerprint density at radius 2 is 0.455 bits per heavy atom. The van der Waals surface area contributed by atoms with Crippen molar-refractivity contribution in [3.8, 4) is 0 Å². The van der Waals surface area contributed by atoms with Gasteiger partial charge in [0.1, 0.15) is 19.3 Å². The molecule has 0 amide bonds. The third kappa shape index (κ3) is 76.1. The van der Waals surface area contributed by atoms with Gasteiger partial charge in [0.05, 0.1) is 26.4 Å². The number of esters is 4. The topological polar surface area (TPSA) is 237 Å². The summed E-state index contributed by atoms with van der Waals surface area (Å²) in [5.74, 6) is 0.272. The van der Waals surface area contributed by atoms with E-state index in [1.54, 1.807) is 0 Å². The molecule has 0 saturated carbocycles. The average Bonchev–Trinajstić information content (AvgIpc) is 0.941. The predicted octanol–water partition coefficient (Wildman–Crippen LogP) is 24.5. The van der Waals surface area contributed by atoms with Gasteiger partial charge >= 0.3 is 39.5 Å². The van der Waals surface area contributed by atoms with Crippen LogP contribution in [0.25, 0.3) is 0 Å². The monoisotopic (exact) mass is 1480 g/mol. The van der Waals surface area contributed by atoms with Crippen molar-refractivity contribution in [1.82, 2.24) is 0 Å². The van der Waals surface area contributed by atoms with E-state index in [1.807, 2.05) is 0 Å². The van der Waals surface area contributed by atoms with Crippen LogP contribution in [0.5, 0.6) is 0 Å². The molecule has 0 bridgehead atoms. The smallest absolute Gasteiger partial charge is 0.462 e. The fraction of sp³-hybridized carbons (Fsp3) is 0.951. The largest absolute Gasteiger partial charge is 0.472 e. The van der Waals surface area contributed by atoms with Gasteiger partial charge in [-0.15, -0.1) is 0 Å². The first-order valence-electron chi connectivity index (χ1n) is 42.3. The lowest BCUT2D eigenvalue weighted by atomic mass is 10.0. The van der Waals surface area contributed by atoms with E-state index in [4.69, 9.17) is 37.0 Å². The second-order valence-electron chi connectivity index (χ2n) is 30.9. The SMILES string of the molecule is CCCCCCCCCCCCC(=O)OC[C@H](COP(=O)(O)OC[C@H](O)COP(=O)(O)OC[C@@H](COC(=O)CCCCCCCCCCCCCCCCCC(C)C)OC(=O)CCCCCCCCCCCCCCCCCCC(C)C)OC(=O)CCCCCCCCCCCCCC(C)C. The van der Waals surface area contributed by atoms with Gasteiger partial charge in [-0.25, -0.2) is 9.13 Å². The molecule has 0 rings (SSSR count). The Bertz CT molecular complexity index is 1960. The number of ether oxygens (including phenoxy) is 4. The molecule has 5 atom stereocenters. The summed E-state index contributed by atoms with van der Waals surface area (Å²) in [6.45, 7) is 12.0. The van der Waals surface area contributed by atoms with E-state index in [1.165, 1.54) is 238 Å². The lowest BCUT2D eigenvalue weighted by Crippen LogP contribution is -2.30. The number of aliphatic hydroxyl groups excluding tert-OH is 1. The highest BCUT2D eigenvalue weighted by atomic mass is 31.2. The second kappa shape index (κ2) is 72.3. The van der Waals surface area contributed by atoms with Crippen LogP contribution >= 0.6 is 15.6 Å². The summed E-state index contributed by atoms with van der Waals surface area (Å²) in [6.07, 6.45) is 61.0. The average molecular weight is 1480 g/mol. The van der Waals surface area contributed by atoms with Crippen molar-refractivity contribution in [3.63, 3.8) is 0 Å². The van der Waals surface area contributed by atoms with Gasteiger partial charge in [-0.2, -0.15) is 0 Å². The summed E-state index contributed by atoms with van der Waals surface area (Å²) < 4.78 is 68.7. The molecule has 19 heteroatoms. The van der Waals surface area contributed by atoms with Crippen LogP contribution in [0.15, 0.2) is 0 Å². The van der Waals surface area contributed by atoms with Gasteiger partial charge in [-0.1, -0.05) is 376 Å². The summed E-state index contributed by atoms with van der Waals surface area (Å²) in [7, 11) is -9.92. The molecule has 600 valence electrons. The number of aliphatic hydroxyl groups is 1. The lowest BCUT2D eigenvalue weighted by Gasteiger charge is -2.21. The van der Waals surface area contributed by atoms with Crippen LogP contribution < -0.4 is 0 Å². The Kier molecular flexibility index (Phi) is 70.9. The number of phosphoric ester groups is 2. The van der Waals surface area contributed by atoms with Crippen LogP contribution in [0.3, 0.4) is 0 Å². The zero-order valence-electron chi connectivity index (χ0n) is 66.4. The maximum Gasteiger partial charge on any atom is 0.472 e. The van der Waals surface area contributed by atoms with E-state index in [9.17, 15) is 43.2 Å². The molecule has 0 radical (unpaired) electrons. The number of unbranched alkanes of at least 4 members (excludes halogenated alkanes) is 48. The highest BCUT2D eigenvalue weighted by Crippen LogP contribution is 2.45. The van der Waals surface area contributed by atoms with Crippen molar-refractivity contribution in [2.45, 2.75) is 446 Å². The van der Waals surface area contributed by atoms with Crippen LogP contribution in [0.1, 0.15) is 427 Å². The molecular formula is C82H160O17P2. The first kappa shape index (κ1) is 99.1. The Hall–Kier alpha value is -1.94. The van der Waals surface area contributed by atoms with Crippen molar-refractivity contribution < 1.29 is 80.2 Å². The van der Waals surface area contributed by atoms with E-state index in [-0.39, 0.29) is 25.7 Å². The lowest BCUT2D eigenvalue weighted by molar-refractivity contribution is -0.161. The minimum absolute atomic E-state index is 0.107. The molecule has 101 heavy (non-hydrogen) atoms. The fourth-order valence-corrected chi connectivity index (χ4v) is 14.2. The van der Waals surface area contributed by atoms with Gasteiger partial charge in [-0.05, 0) is 43.4 Å². The van der Waals surface area contributed by atoms with Crippen molar-refractivity contribution >= 4 is 39.5 Å². The molecular weight excluding hydrogens is 1320 g/mol. The molecule has 0 aliphatic rings. The van der Waals surface area contributed by atoms with E-state index in [0.717, 1.165) is 108 Å². The standard InChI is InChI=1S/C82H160O17P2/c1-8-9-10-11-12-13-35-42-49-56-63-79(84)92-69-77(99-82(87)66-59-52-45-38-31-25-28-34-41-48-55-62-75(6)7)71-96-100(88,89)94-67-76(83)68-95-101(90,91)97-72-78(70-93-80(85)64-57-50-43-36-29-23-20-16-18-22-27-33-40-47-54-61-74(4)5)98-81(86)65-58-51-44-37-30-24-19-15-14-17-21-26-32-39-46-53-60-73(2)3/h73-78,83H,8-72H2,1-7H3,(H,88,89)(H,90,91)/t76-,77+,78+/m0/s1. The molecule has 2 unspecified atom stereocenters. The van der Waals surface area contributed by atoms with E-state index >= 15 is 0 Å². The molecule has 0 spiro atoms. The van der Waals surface area contributed by atoms with E-state index in [2.05, 4.69) is 48.5 Å². The third-order valence-electron chi connectivity index (χ3n) is 19.1. The molecule has 0 aromatic rings. The second-order valence-corrected chi connectivity index (χ2v) is 33.8. The molecule has 0 aromatic carbocycles. The van der Waals surface area contributed by atoms with Crippen molar-refractivity contribution in [3.05, 3.63) is 0 Å². The molecule has 0 aliphatic heterocycles. The zero-order valence-corrected chi connectivity index (χ0v) is 68.2. The third-order valence-corrected chi connectivity index (χ3v) is 21.0. The first-order valence-corrected chi connectivity index (χ1v) is 45.3. The van der Waals surface area contributed by atoms with Gasteiger partial charge in [-0.3, -0.25) is 37.3 Å². The first-order chi connectivity index (χ1) is 48.7. The van der Waals surface area contributed by atoms with Gasteiger partial charge < -0.3 is 33.8 Å². The van der Waals surface area contributed by atoms with Gasteiger partial charge in [0.2, 0.25) is 0 Å². The fourth-order valence-electron chi connectivity index (χ4n) is 12.7. The quantitative estimate of drug-likeness (QED) is 0.0222. The number of rotatable bonds is 80. The normalized spacial score (nSPS) is 14.0. The minimum Gasteiger partial charge on any atom is -0.462 e. The van der Waals surface area contributed by atoms with Gasteiger partial charge in [0.25, 0.3) is 0 Å². The number of phosphoric acid groups is 2. The van der Waals surface area contributed by atoms with Gasteiger partial charge in [0.15, 0.2) is 12.2 Å². The van der Waals surface area contributed by atoms with Crippen molar-refractivity contribution in [2.75, 3.05) is 39.6 Å². The molecule has 0 heterocycles. The summed E-state index contributed by atoms with van der Waals surface area (Å²) >= 11 is 0. The number of carbonyl (C=O) groups is 4. The number of carbonyl (C=O) groups excluding carboxylic acids is 4. The van der Waals surface area contributed by atoms with Crippen LogP contribution in [-0.2, 0) is 65.4 Å². The van der Waals surface area contributed by atoms with E-state index in [0.29, 0.717) is 25.7 Å². The Morgan fingerprint density at radius 3 is 0.673 bits per heavy atom. The zero-order chi connectivity index (χ0) is 74.4. The summed E-state index contributed by atoms with van der Waals surface area (Å²) in [6, 6.07) is 0. The highest BCUT2D eigenvalue weighted by Gasteiger charge is 2.30. The van der Waals surface area contributed by atoms with Gasteiger partial charge in [0, 0.05) is 25.7 Å². The summed E-state index contributed by atoms with van der Waals surface area (Å²) in [4.78, 5) is 73.0. The molecule has 0 fully saturated rings. The summed E-state index contributed by atoms with van der Waals surface area (Å²) in [5, 5.41) is 10.6. The molecule has 0 aromatic heterocycles. The maximum atomic E-state index is 13.1. The Balaban J connectivity index is 5.24. The van der Waals surface area contributed by atoms with Crippen LogP contribution in [0, 0.1) is 17.8 Å². The minimum atomic E-state index is -4.96. The molecule has 0 saturated heterocycles. The molecule has 17 nitrogen and oxygen atoms in total. The number of hydrogen-bond donors (Lipinski definition) is 3. The Morgan fingerprint density at radius 1 is 0.267 bits per heavy atom. The Labute approximate surface area is 619 Å². The summed E-state index contributed by atoms with van der Waals surface area (Å²) in [5.41, 5.74) is 0. The van der Waals surface area contributed by atoms with Crippen molar-refractivity contribution in [1.29, 1.82) is 0 Å². The highest BCUT2D eigenvalue weighted by molar-refractivity contribution is 7.47. The number of hydrogen-bond acceptors (Lipinski definition) is 15. The van der Waals surface area contributed by atoms with Crippen LogP contribution in [-0.4, -0.2) is 96.7 Å². The molecule has 3 N–H and O–H groups in total. The van der Waals surface area contributed by atoms with Crippen LogP contribution in [0.4, 0.5) is 0 Å². The predicted molar refractivity (Wildman–Crippen MR) is 414 cm³/mol. The van der Waals surface area contributed by atoms with Crippen LogP contribution in [0.2, 0.25) is 0 Å². The molecule has 0 aliphatic carbocycles.